The molecular weight excluding hydrogens is 278 g/mol. The van der Waals surface area contributed by atoms with Crippen molar-refractivity contribution < 1.29 is 19.1 Å². The molecule has 1 aromatic rings. The van der Waals surface area contributed by atoms with Crippen LogP contribution in [0, 0.1) is 0 Å². The summed E-state index contributed by atoms with van der Waals surface area (Å²) in [6.07, 6.45) is 1.40. The van der Waals surface area contributed by atoms with Crippen LogP contribution >= 0.6 is 11.8 Å². The standard InChI is InChI=1S/C14H15NO4S/c1-19-11-8-10(9-16)2-3-12(11)20-7-6-15-13(17)4-5-14(15)18/h2-3,8-9H,4-7H2,1H3. The summed E-state index contributed by atoms with van der Waals surface area (Å²) in [5.74, 6) is 1.03. The van der Waals surface area contributed by atoms with Crippen LogP contribution in [-0.2, 0) is 9.59 Å². The first kappa shape index (κ1) is 14.6. The van der Waals surface area contributed by atoms with Crippen molar-refractivity contribution in [2.45, 2.75) is 17.7 Å². The van der Waals surface area contributed by atoms with Crippen molar-refractivity contribution in [3.63, 3.8) is 0 Å². The van der Waals surface area contributed by atoms with E-state index in [1.54, 1.807) is 25.3 Å². The van der Waals surface area contributed by atoms with E-state index in [9.17, 15) is 14.4 Å². The Labute approximate surface area is 121 Å². The Morgan fingerprint density at radius 3 is 2.60 bits per heavy atom. The van der Waals surface area contributed by atoms with Crippen molar-refractivity contribution in [2.24, 2.45) is 0 Å². The summed E-state index contributed by atoms with van der Waals surface area (Å²) in [5, 5.41) is 0. The molecule has 5 nitrogen and oxygen atoms in total. The van der Waals surface area contributed by atoms with Gasteiger partial charge >= 0.3 is 0 Å². The number of hydrogen-bond acceptors (Lipinski definition) is 5. The number of ether oxygens (including phenoxy) is 1. The molecule has 0 unspecified atom stereocenters. The van der Waals surface area contributed by atoms with Crippen LogP contribution in [0.5, 0.6) is 5.75 Å². The molecule has 0 aromatic heterocycles. The topological polar surface area (TPSA) is 63.7 Å². The van der Waals surface area contributed by atoms with E-state index in [0.717, 1.165) is 11.2 Å². The molecule has 1 aliphatic rings. The average molecular weight is 293 g/mol. The van der Waals surface area contributed by atoms with Gasteiger partial charge in [0.2, 0.25) is 11.8 Å². The molecule has 1 saturated heterocycles. The number of methoxy groups -OCH3 is 1. The third-order valence-electron chi connectivity index (χ3n) is 3.05. The Hall–Kier alpha value is -1.82. The van der Waals surface area contributed by atoms with Crippen LogP contribution in [-0.4, -0.2) is 42.4 Å². The molecule has 1 aromatic carbocycles. The molecule has 1 fully saturated rings. The van der Waals surface area contributed by atoms with Crippen molar-refractivity contribution in [1.29, 1.82) is 0 Å². The van der Waals surface area contributed by atoms with Gasteiger partial charge in [-0.25, -0.2) is 0 Å². The summed E-state index contributed by atoms with van der Waals surface area (Å²) in [7, 11) is 1.54. The van der Waals surface area contributed by atoms with Crippen LogP contribution in [0.1, 0.15) is 23.2 Å². The van der Waals surface area contributed by atoms with Gasteiger partial charge in [0.25, 0.3) is 0 Å². The SMILES string of the molecule is COc1cc(C=O)ccc1SCCN1C(=O)CCC1=O. The molecule has 0 N–H and O–H groups in total. The number of benzene rings is 1. The molecule has 0 bridgehead atoms. The highest BCUT2D eigenvalue weighted by atomic mass is 32.2. The lowest BCUT2D eigenvalue weighted by Gasteiger charge is -2.14. The van der Waals surface area contributed by atoms with E-state index in [0.29, 0.717) is 36.5 Å². The van der Waals surface area contributed by atoms with Crippen molar-refractivity contribution in [2.75, 3.05) is 19.4 Å². The zero-order chi connectivity index (χ0) is 14.5. The molecule has 0 aliphatic carbocycles. The molecule has 2 amide bonds. The number of carbonyl (C=O) groups excluding carboxylic acids is 3. The van der Waals surface area contributed by atoms with Gasteiger partial charge in [-0.3, -0.25) is 19.3 Å². The number of carbonyl (C=O) groups is 3. The van der Waals surface area contributed by atoms with Gasteiger partial charge in [-0.1, -0.05) is 6.07 Å². The quantitative estimate of drug-likeness (QED) is 0.454. The third kappa shape index (κ3) is 3.19. The van der Waals surface area contributed by atoms with Crippen LogP contribution in [0.25, 0.3) is 0 Å². The molecule has 1 heterocycles. The Morgan fingerprint density at radius 1 is 1.30 bits per heavy atom. The average Bonchev–Trinajstić information content (AvgIpc) is 2.79. The smallest absolute Gasteiger partial charge is 0.229 e. The maximum absolute atomic E-state index is 11.5. The second-order valence-electron chi connectivity index (χ2n) is 4.32. The Bertz CT molecular complexity index is 528. The predicted octanol–water partition coefficient (Wildman–Crippen LogP) is 1.75. The number of hydrogen-bond donors (Lipinski definition) is 0. The Kier molecular flexibility index (Phi) is 4.79. The normalized spacial score (nSPS) is 14.8. The van der Waals surface area contributed by atoms with Gasteiger partial charge in [0, 0.05) is 35.6 Å². The highest BCUT2D eigenvalue weighted by molar-refractivity contribution is 7.99. The summed E-state index contributed by atoms with van der Waals surface area (Å²) in [6, 6.07) is 5.19. The number of imide groups is 1. The summed E-state index contributed by atoms with van der Waals surface area (Å²) < 4.78 is 5.23. The minimum atomic E-state index is -0.0983. The molecule has 20 heavy (non-hydrogen) atoms. The minimum Gasteiger partial charge on any atom is -0.496 e. The van der Waals surface area contributed by atoms with Gasteiger partial charge in [0.15, 0.2) is 0 Å². The zero-order valence-electron chi connectivity index (χ0n) is 11.1. The van der Waals surface area contributed by atoms with Crippen molar-refractivity contribution in [3.8, 4) is 5.75 Å². The Balaban J connectivity index is 1.95. The van der Waals surface area contributed by atoms with Crippen molar-refractivity contribution in [3.05, 3.63) is 23.8 Å². The fourth-order valence-corrected chi connectivity index (χ4v) is 2.94. The third-order valence-corrected chi connectivity index (χ3v) is 4.09. The number of thioether (sulfide) groups is 1. The summed E-state index contributed by atoms with van der Waals surface area (Å²) in [6.45, 7) is 0.404. The van der Waals surface area contributed by atoms with Crippen LogP contribution in [0.3, 0.4) is 0 Å². The molecule has 0 spiro atoms. The second kappa shape index (κ2) is 6.56. The first-order valence-corrected chi connectivity index (χ1v) is 7.23. The summed E-state index contributed by atoms with van der Waals surface area (Å²) in [4.78, 5) is 35.8. The van der Waals surface area contributed by atoms with E-state index >= 15 is 0 Å². The number of likely N-dealkylation sites (tertiary alicyclic amines) is 1. The lowest BCUT2D eigenvalue weighted by atomic mass is 10.2. The number of aldehydes is 1. The molecule has 0 atom stereocenters. The molecule has 106 valence electrons. The fraction of sp³-hybridized carbons (Fsp3) is 0.357. The van der Waals surface area contributed by atoms with Gasteiger partial charge in [0.05, 0.1) is 7.11 Å². The molecule has 1 aliphatic heterocycles. The van der Waals surface area contributed by atoms with E-state index in [4.69, 9.17) is 4.74 Å². The fourth-order valence-electron chi connectivity index (χ4n) is 2.00. The number of nitrogens with zero attached hydrogens (tertiary/aromatic N) is 1. The first-order chi connectivity index (χ1) is 9.65. The van der Waals surface area contributed by atoms with Crippen LogP contribution in [0.15, 0.2) is 23.1 Å². The summed E-state index contributed by atoms with van der Waals surface area (Å²) in [5.41, 5.74) is 0.552. The first-order valence-electron chi connectivity index (χ1n) is 6.25. The predicted molar refractivity (Wildman–Crippen MR) is 75.1 cm³/mol. The molecule has 6 heteroatoms. The van der Waals surface area contributed by atoms with E-state index in [2.05, 4.69) is 0 Å². The molecule has 0 radical (unpaired) electrons. The monoisotopic (exact) mass is 293 g/mol. The zero-order valence-corrected chi connectivity index (χ0v) is 11.9. The lowest BCUT2D eigenvalue weighted by molar-refractivity contribution is -0.137. The van der Waals surface area contributed by atoms with Crippen molar-refractivity contribution >= 4 is 29.9 Å². The van der Waals surface area contributed by atoms with Crippen LogP contribution in [0.2, 0.25) is 0 Å². The van der Waals surface area contributed by atoms with Gasteiger partial charge in [-0.15, -0.1) is 11.8 Å². The van der Waals surface area contributed by atoms with Crippen LogP contribution in [0.4, 0.5) is 0 Å². The number of amides is 2. The van der Waals surface area contributed by atoms with E-state index < -0.39 is 0 Å². The largest absolute Gasteiger partial charge is 0.496 e. The minimum absolute atomic E-state index is 0.0983. The van der Waals surface area contributed by atoms with Gasteiger partial charge < -0.3 is 4.74 Å². The highest BCUT2D eigenvalue weighted by Crippen LogP contribution is 2.30. The van der Waals surface area contributed by atoms with Gasteiger partial charge in [-0.05, 0) is 12.1 Å². The molecular formula is C14H15NO4S. The Morgan fingerprint density at radius 2 is 2.00 bits per heavy atom. The highest BCUT2D eigenvalue weighted by Gasteiger charge is 2.28. The second-order valence-corrected chi connectivity index (χ2v) is 5.45. The molecule has 0 saturated carbocycles. The van der Waals surface area contributed by atoms with E-state index in [-0.39, 0.29) is 11.8 Å². The van der Waals surface area contributed by atoms with Gasteiger partial charge in [-0.2, -0.15) is 0 Å². The maximum Gasteiger partial charge on any atom is 0.229 e. The molecule has 2 rings (SSSR count). The lowest BCUT2D eigenvalue weighted by Crippen LogP contribution is -2.31. The van der Waals surface area contributed by atoms with E-state index in [1.807, 2.05) is 0 Å². The van der Waals surface area contributed by atoms with Gasteiger partial charge in [0.1, 0.15) is 12.0 Å². The van der Waals surface area contributed by atoms with E-state index in [1.165, 1.54) is 16.7 Å². The van der Waals surface area contributed by atoms with Crippen molar-refractivity contribution in [1.82, 2.24) is 4.90 Å². The number of rotatable bonds is 6. The van der Waals surface area contributed by atoms with Crippen LogP contribution < -0.4 is 4.74 Å². The maximum atomic E-state index is 11.5. The summed E-state index contributed by atoms with van der Waals surface area (Å²) >= 11 is 1.49.